The van der Waals surface area contributed by atoms with Gasteiger partial charge in [-0.05, 0) is 57.6 Å². The van der Waals surface area contributed by atoms with Crippen LogP contribution in [0, 0.1) is 19.8 Å². The lowest BCUT2D eigenvalue weighted by atomic mass is 9.87. The third-order valence-electron chi connectivity index (χ3n) is 5.08. The Morgan fingerprint density at radius 3 is 2.36 bits per heavy atom. The number of aromatic nitrogens is 2. The number of rotatable bonds is 4. The van der Waals surface area contributed by atoms with Crippen LogP contribution in [0.25, 0.3) is 5.69 Å². The second-order valence-corrected chi connectivity index (χ2v) is 7.05. The maximum Gasteiger partial charge on any atom is 0.292 e. The molecule has 1 fully saturated rings. The molecule has 2 aromatic rings. The summed E-state index contributed by atoms with van der Waals surface area (Å²) in [4.78, 5) is 25.1. The Morgan fingerprint density at radius 1 is 1.08 bits per heavy atom. The summed E-state index contributed by atoms with van der Waals surface area (Å²) in [5.74, 6) is -0.299. The number of carbonyl (C=O) groups is 2. The fourth-order valence-electron chi connectivity index (χ4n) is 3.56. The van der Waals surface area contributed by atoms with Crippen molar-refractivity contribution in [3.8, 4) is 5.69 Å². The first-order valence-corrected chi connectivity index (χ1v) is 8.94. The molecule has 1 aliphatic carbocycles. The number of Topliss-reactive ketones (excluding diaryl/α,β-unsaturated/α-hetero) is 1. The molecule has 1 N–H and O–H groups in total. The largest absolute Gasteiger partial charge is 0.346 e. The molecule has 25 heavy (non-hydrogen) atoms. The number of nitrogens with zero attached hydrogens (tertiary/aromatic N) is 2. The summed E-state index contributed by atoms with van der Waals surface area (Å²) in [7, 11) is 0. The quantitative estimate of drug-likeness (QED) is 0.686. The molecule has 1 heterocycles. The lowest BCUT2D eigenvalue weighted by Crippen LogP contribution is -2.41. The van der Waals surface area contributed by atoms with Crippen LogP contribution < -0.4 is 5.32 Å². The van der Waals surface area contributed by atoms with Crippen molar-refractivity contribution in [3.05, 3.63) is 47.3 Å². The molecule has 3 rings (SSSR count). The molecule has 0 atom stereocenters. The van der Waals surface area contributed by atoms with Crippen molar-refractivity contribution in [2.24, 2.45) is 5.92 Å². The van der Waals surface area contributed by atoms with E-state index in [1.807, 2.05) is 37.3 Å². The van der Waals surface area contributed by atoms with Gasteiger partial charge in [0.25, 0.3) is 11.7 Å². The minimum absolute atomic E-state index is 0.109. The summed E-state index contributed by atoms with van der Waals surface area (Å²) in [6, 6.07) is 9.74. The molecular formula is C20H25N3O2. The summed E-state index contributed by atoms with van der Waals surface area (Å²) in [5, 5.41) is 7.37. The Kier molecular flexibility index (Phi) is 5.02. The lowest BCUT2D eigenvalue weighted by molar-refractivity contribution is -0.117. The normalized spacial score (nSPS) is 20.3. The van der Waals surface area contributed by atoms with Crippen molar-refractivity contribution in [1.82, 2.24) is 15.1 Å². The number of ketones is 1. The fraction of sp³-hybridized carbons (Fsp3) is 0.450. The summed E-state index contributed by atoms with van der Waals surface area (Å²) in [6.07, 6.45) is 4.09. The third-order valence-corrected chi connectivity index (χ3v) is 5.08. The van der Waals surface area contributed by atoms with Crippen molar-refractivity contribution in [2.45, 2.75) is 52.5 Å². The molecule has 0 bridgehead atoms. The van der Waals surface area contributed by atoms with Crippen LogP contribution in [0.1, 0.15) is 54.4 Å². The molecule has 1 aliphatic rings. The van der Waals surface area contributed by atoms with Gasteiger partial charge in [0, 0.05) is 6.04 Å². The second kappa shape index (κ2) is 7.21. The third kappa shape index (κ3) is 3.65. The molecule has 5 heteroatoms. The summed E-state index contributed by atoms with van der Waals surface area (Å²) in [6.45, 7) is 5.83. The number of benzene rings is 1. The van der Waals surface area contributed by atoms with Gasteiger partial charge in [-0.25, -0.2) is 4.68 Å². The molecule has 5 nitrogen and oxygen atoms in total. The van der Waals surface area contributed by atoms with E-state index in [1.54, 1.807) is 11.6 Å². The summed E-state index contributed by atoms with van der Waals surface area (Å²) in [5.41, 5.74) is 2.56. The Balaban J connectivity index is 1.78. The number of hydrogen-bond acceptors (Lipinski definition) is 3. The Labute approximate surface area is 148 Å². The van der Waals surface area contributed by atoms with Crippen LogP contribution in [0.2, 0.25) is 0 Å². The van der Waals surface area contributed by atoms with E-state index < -0.39 is 11.7 Å². The van der Waals surface area contributed by atoms with Crippen LogP contribution in [-0.2, 0) is 4.79 Å². The molecule has 0 saturated heterocycles. The van der Waals surface area contributed by atoms with Gasteiger partial charge in [0.05, 0.1) is 22.6 Å². The molecule has 0 unspecified atom stereocenters. The highest BCUT2D eigenvalue weighted by atomic mass is 16.2. The first-order valence-electron chi connectivity index (χ1n) is 8.94. The number of carbonyl (C=O) groups excluding carboxylic acids is 2. The van der Waals surface area contributed by atoms with Gasteiger partial charge in [0.15, 0.2) is 0 Å². The van der Waals surface area contributed by atoms with E-state index in [2.05, 4.69) is 17.3 Å². The molecule has 0 aliphatic heterocycles. The zero-order valence-electron chi connectivity index (χ0n) is 15.1. The van der Waals surface area contributed by atoms with Gasteiger partial charge < -0.3 is 5.32 Å². The maximum atomic E-state index is 12.7. The predicted octanol–water partition coefficient (Wildman–Crippen LogP) is 3.37. The van der Waals surface area contributed by atoms with Crippen LogP contribution in [-0.4, -0.2) is 27.5 Å². The first-order chi connectivity index (χ1) is 12.0. The Hall–Kier alpha value is -2.43. The maximum absolute atomic E-state index is 12.7. The van der Waals surface area contributed by atoms with Gasteiger partial charge >= 0.3 is 0 Å². The van der Waals surface area contributed by atoms with Crippen LogP contribution in [0.3, 0.4) is 0 Å². The highest BCUT2D eigenvalue weighted by Gasteiger charge is 2.28. The van der Waals surface area contributed by atoms with E-state index in [0.717, 1.165) is 31.4 Å². The number of para-hydroxylation sites is 1. The van der Waals surface area contributed by atoms with E-state index >= 15 is 0 Å². The average molecular weight is 339 g/mol. The highest BCUT2D eigenvalue weighted by Crippen LogP contribution is 2.24. The standard InChI is InChI=1S/C20H25N3O2/c1-13-9-11-16(12-10-13)21-20(25)19(24)18-14(2)22-23(15(18)3)17-7-5-4-6-8-17/h4-8,13,16H,9-12H2,1-3H3,(H,21,25). The molecule has 1 amide bonds. The van der Waals surface area contributed by atoms with Crippen molar-refractivity contribution in [3.63, 3.8) is 0 Å². The molecule has 0 spiro atoms. The predicted molar refractivity (Wildman–Crippen MR) is 96.9 cm³/mol. The molecular weight excluding hydrogens is 314 g/mol. The van der Waals surface area contributed by atoms with Crippen LogP contribution >= 0.6 is 0 Å². The van der Waals surface area contributed by atoms with E-state index in [4.69, 9.17) is 0 Å². The molecule has 1 saturated carbocycles. The van der Waals surface area contributed by atoms with Gasteiger partial charge in [0.2, 0.25) is 0 Å². The second-order valence-electron chi connectivity index (χ2n) is 7.05. The van der Waals surface area contributed by atoms with E-state index in [1.165, 1.54) is 0 Å². The van der Waals surface area contributed by atoms with Crippen molar-refractivity contribution in [1.29, 1.82) is 0 Å². The molecule has 132 valence electrons. The van der Waals surface area contributed by atoms with Crippen LogP contribution in [0.5, 0.6) is 0 Å². The van der Waals surface area contributed by atoms with Gasteiger partial charge in [-0.3, -0.25) is 9.59 Å². The molecule has 1 aromatic heterocycles. The Morgan fingerprint density at radius 2 is 1.72 bits per heavy atom. The average Bonchev–Trinajstić information content (AvgIpc) is 2.91. The van der Waals surface area contributed by atoms with E-state index in [-0.39, 0.29) is 6.04 Å². The lowest BCUT2D eigenvalue weighted by Gasteiger charge is -2.26. The van der Waals surface area contributed by atoms with Gasteiger partial charge in [0.1, 0.15) is 0 Å². The number of hydrogen-bond donors (Lipinski definition) is 1. The zero-order valence-corrected chi connectivity index (χ0v) is 15.1. The number of amides is 1. The van der Waals surface area contributed by atoms with Gasteiger partial charge in [-0.1, -0.05) is 25.1 Å². The number of aryl methyl sites for hydroxylation is 1. The first kappa shape index (κ1) is 17.4. The van der Waals surface area contributed by atoms with Crippen molar-refractivity contribution >= 4 is 11.7 Å². The van der Waals surface area contributed by atoms with E-state index in [0.29, 0.717) is 22.9 Å². The Bertz CT molecular complexity index is 772. The van der Waals surface area contributed by atoms with Gasteiger partial charge in [-0.2, -0.15) is 5.10 Å². The van der Waals surface area contributed by atoms with Crippen LogP contribution in [0.4, 0.5) is 0 Å². The minimum Gasteiger partial charge on any atom is -0.346 e. The van der Waals surface area contributed by atoms with Crippen molar-refractivity contribution < 1.29 is 9.59 Å². The fourth-order valence-corrected chi connectivity index (χ4v) is 3.56. The minimum atomic E-state index is -0.515. The topological polar surface area (TPSA) is 64.0 Å². The van der Waals surface area contributed by atoms with Crippen LogP contribution in [0.15, 0.2) is 30.3 Å². The smallest absolute Gasteiger partial charge is 0.292 e. The van der Waals surface area contributed by atoms with Crippen molar-refractivity contribution in [2.75, 3.05) is 0 Å². The summed E-state index contributed by atoms with van der Waals surface area (Å²) < 4.78 is 1.72. The molecule has 1 aromatic carbocycles. The summed E-state index contributed by atoms with van der Waals surface area (Å²) >= 11 is 0. The highest BCUT2D eigenvalue weighted by molar-refractivity contribution is 6.43. The monoisotopic (exact) mass is 339 g/mol. The number of nitrogens with one attached hydrogen (secondary N) is 1. The zero-order chi connectivity index (χ0) is 18.0. The SMILES string of the molecule is Cc1nn(-c2ccccc2)c(C)c1C(=O)C(=O)NC1CCC(C)CC1. The molecule has 0 radical (unpaired) electrons. The van der Waals surface area contributed by atoms with E-state index in [9.17, 15) is 9.59 Å². The van der Waals surface area contributed by atoms with Gasteiger partial charge in [-0.15, -0.1) is 0 Å².